The molecule has 1 fully saturated rings. The highest BCUT2D eigenvalue weighted by Crippen LogP contribution is 2.34. The summed E-state index contributed by atoms with van der Waals surface area (Å²) >= 11 is 0. The van der Waals surface area contributed by atoms with Crippen molar-refractivity contribution < 1.29 is 14.1 Å². The number of aromatic amines is 1. The molecule has 0 bridgehead atoms. The molecule has 0 amide bonds. The van der Waals surface area contributed by atoms with Gasteiger partial charge in [0.15, 0.2) is 0 Å². The second-order valence-electron chi connectivity index (χ2n) is 8.81. The minimum atomic E-state index is -0.344. The number of nitrogens with one attached hydrogen (secondary N) is 1. The number of fused-ring (bicyclic) bond motifs is 1. The first-order valence-corrected chi connectivity index (χ1v) is 11.8. The van der Waals surface area contributed by atoms with E-state index in [9.17, 15) is 4.79 Å². The fourth-order valence-corrected chi connectivity index (χ4v) is 4.95. The normalized spacial score (nSPS) is 16.6. The largest absolute Gasteiger partial charge is 0.466 e. The standard InChI is InChI=1S/C28H29N3O3/c1-19-18-25(30-34-19)28-23(22-6-3-4-7-24(22)29-28)15-17-31-16-5-8-26(31)21-12-9-20(10-13-21)11-14-27(32)33-2/h3-4,6-7,9-14,18,26,29H,5,8,15-17H2,1-2H3/t26-/m0/s1. The number of H-pyrrole nitrogens is 1. The van der Waals surface area contributed by atoms with Crippen molar-refractivity contribution in [2.75, 3.05) is 20.2 Å². The van der Waals surface area contributed by atoms with E-state index in [-0.39, 0.29) is 5.97 Å². The van der Waals surface area contributed by atoms with Crippen molar-refractivity contribution in [2.24, 2.45) is 0 Å². The van der Waals surface area contributed by atoms with Gasteiger partial charge in [-0.2, -0.15) is 0 Å². The SMILES string of the molecule is COC(=O)C=Cc1ccc([C@@H]2CCCN2CCc2c(-c3cc(C)on3)[nH]c3ccccc23)cc1. The van der Waals surface area contributed by atoms with E-state index >= 15 is 0 Å². The Kier molecular flexibility index (Phi) is 6.32. The molecule has 1 N–H and O–H groups in total. The van der Waals surface area contributed by atoms with E-state index in [4.69, 9.17) is 4.52 Å². The number of methoxy groups -OCH3 is 1. The van der Waals surface area contributed by atoms with E-state index in [0.717, 1.165) is 54.2 Å². The van der Waals surface area contributed by atoms with Crippen LogP contribution in [0.3, 0.4) is 0 Å². The Bertz CT molecular complexity index is 1320. The number of hydrogen-bond donors (Lipinski definition) is 1. The van der Waals surface area contributed by atoms with Gasteiger partial charge in [-0.25, -0.2) is 4.79 Å². The molecule has 1 aliphatic heterocycles. The molecule has 0 unspecified atom stereocenters. The average Bonchev–Trinajstić information content (AvgIpc) is 3.59. The number of nitrogens with zero attached hydrogens (tertiary/aromatic N) is 2. The van der Waals surface area contributed by atoms with Crippen LogP contribution in [-0.2, 0) is 16.0 Å². The summed E-state index contributed by atoms with van der Waals surface area (Å²) in [5.74, 6) is 0.465. The van der Waals surface area contributed by atoms with Crippen molar-refractivity contribution in [1.29, 1.82) is 0 Å². The molecule has 0 radical (unpaired) electrons. The predicted octanol–water partition coefficient (Wildman–Crippen LogP) is 5.70. The van der Waals surface area contributed by atoms with E-state index < -0.39 is 0 Å². The van der Waals surface area contributed by atoms with Crippen LogP contribution >= 0.6 is 0 Å². The summed E-state index contributed by atoms with van der Waals surface area (Å²) in [4.78, 5) is 17.5. The molecule has 1 atom stereocenters. The smallest absolute Gasteiger partial charge is 0.330 e. The highest BCUT2D eigenvalue weighted by molar-refractivity contribution is 5.90. The van der Waals surface area contributed by atoms with Gasteiger partial charge in [0.25, 0.3) is 0 Å². The fraction of sp³-hybridized carbons (Fsp3) is 0.286. The second-order valence-corrected chi connectivity index (χ2v) is 8.81. The van der Waals surface area contributed by atoms with Gasteiger partial charge in [-0.15, -0.1) is 0 Å². The zero-order valence-electron chi connectivity index (χ0n) is 19.6. The van der Waals surface area contributed by atoms with Crippen LogP contribution in [-0.4, -0.2) is 41.2 Å². The zero-order chi connectivity index (χ0) is 23.5. The van der Waals surface area contributed by atoms with E-state index in [1.165, 1.54) is 36.1 Å². The number of carbonyl (C=O) groups excluding carboxylic acids is 1. The van der Waals surface area contributed by atoms with Crippen LogP contribution in [0.2, 0.25) is 0 Å². The summed E-state index contributed by atoms with van der Waals surface area (Å²) in [6, 6.07) is 19.3. The molecule has 6 nitrogen and oxygen atoms in total. The lowest BCUT2D eigenvalue weighted by molar-refractivity contribution is -0.134. The summed E-state index contributed by atoms with van der Waals surface area (Å²) in [7, 11) is 1.39. The van der Waals surface area contributed by atoms with Crippen molar-refractivity contribution in [3.63, 3.8) is 0 Å². The first-order valence-electron chi connectivity index (χ1n) is 11.8. The van der Waals surface area contributed by atoms with Crippen molar-refractivity contribution in [1.82, 2.24) is 15.0 Å². The molecule has 2 aromatic carbocycles. The molecule has 2 aromatic heterocycles. The number of ether oxygens (including phenoxy) is 1. The van der Waals surface area contributed by atoms with Crippen LogP contribution < -0.4 is 0 Å². The van der Waals surface area contributed by atoms with Gasteiger partial charge in [-0.05, 0) is 61.6 Å². The Morgan fingerprint density at radius 2 is 2.06 bits per heavy atom. The number of aryl methyl sites for hydroxylation is 1. The van der Waals surface area contributed by atoms with Gasteiger partial charge in [0.05, 0.1) is 12.8 Å². The monoisotopic (exact) mass is 455 g/mol. The number of hydrogen-bond acceptors (Lipinski definition) is 5. The molecule has 4 aromatic rings. The topological polar surface area (TPSA) is 71.4 Å². The van der Waals surface area contributed by atoms with Gasteiger partial charge >= 0.3 is 5.97 Å². The van der Waals surface area contributed by atoms with Crippen molar-refractivity contribution in [3.05, 3.63) is 83.1 Å². The molecule has 6 heteroatoms. The maximum Gasteiger partial charge on any atom is 0.330 e. The summed E-state index contributed by atoms with van der Waals surface area (Å²) in [5.41, 5.74) is 6.64. The molecule has 0 saturated carbocycles. The highest BCUT2D eigenvalue weighted by atomic mass is 16.5. The van der Waals surface area contributed by atoms with E-state index in [1.54, 1.807) is 6.08 Å². The number of carbonyl (C=O) groups is 1. The number of para-hydroxylation sites is 1. The van der Waals surface area contributed by atoms with E-state index in [2.05, 4.69) is 68.3 Å². The fourth-order valence-electron chi connectivity index (χ4n) is 4.95. The number of likely N-dealkylation sites (tertiary alicyclic amines) is 1. The maximum absolute atomic E-state index is 11.3. The Hall–Kier alpha value is -3.64. The van der Waals surface area contributed by atoms with Gasteiger partial charge < -0.3 is 14.2 Å². The van der Waals surface area contributed by atoms with E-state index in [1.807, 2.05) is 13.0 Å². The van der Waals surface area contributed by atoms with Crippen LogP contribution in [0, 0.1) is 6.92 Å². The molecular weight excluding hydrogens is 426 g/mol. The van der Waals surface area contributed by atoms with Gasteiger partial charge in [0.2, 0.25) is 0 Å². The third kappa shape index (κ3) is 4.54. The molecule has 0 spiro atoms. The van der Waals surface area contributed by atoms with Crippen LogP contribution in [0.5, 0.6) is 0 Å². The molecule has 1 aliphatic rings. The Morgan fingerprint density at radius 3 is 2.82 bits per heavy atom. The average molecular weight is 456 g/mol. The van der Waals surface area contributed by atoms with Gasteiger partial charge in [-0.1, -0.05) is 47.6 Å². The summed E-state index contributed by atoms with van der Waals surface area (Å²) in [5, 5.41) is 5.52. The predicted molar refractivity (Wildman–Crippen MR) is 133 cm³/mol. The Morgan fingerprint density at radius 1 is 1.24 bits per heavy atom. The van der Waals surface area contributed by atoms with Crippen molar-refractivity contribution in [3.8, 4) is 11.4 Å². The number of aromatic nitrogens is 2. The molecule has 5 rings (SSSR count). The van der Waals surface area contributed by atoms with Crippen molar-refractivity contribution >= 4 is 22.9 Å². The van der Waals surface area contributed by atoms with E-state index in [0.29, 0.717) is 6.04 Å². The third-order valence-electron chi connectivity index (χ3n) is 6.64. The molecule has 34 heavy (non-hydrogen) atoms. The van der Waals surface area contributed by atoms with Crippen LogP contribution in [0.25, 0.3) is 28.4 Å². The molecule has 174 valence electrons. The molecule has 3 heterocycles. The minimum Gasteiger partial charge on any atom is -0.466 e. The molecule has 0 aliphatic carbocycles. The first kappa shape index (κ1) is 22.2. The first-order chi connectivity index (χ1) is 16.6. The zero-order valence-corrected chi connectivity index (χ0v) is 19.6. The van der Waals surface area contributed by atoms with Crippen molar-refractivity contribution in [2.45, 2.75) is 32.2 Å². The van der Waals surface area contributed by atoms with Crippen LogP contribution in [0.15, 0.2) is 65.2 Å². The third-order valence-corrected chi connectivity index (χ3v) is 6.64. The van der Waals surface area contributed by atoms with Gasteiger partial charge in [-0.3, -0.25) is 4.90 Å². The van der Waals surface area contributed by atoms with Crippen LogP contribution in [0.1, 0.15) is 41.3 Å². The Labute approximate surface area is 199 Å². The second kappa shape index (κ2) is 9.69. The summed E-state index contributed by atoms with van der Waals surface area (Å²) in [6.45, 7) is 3.99. The van der Waals surface area contributed by atoms with Gasteiger partial charge in [0, 0.05) is 35.6 Å². The van der Waals surface area contributed by atoms with Gasteiger partial charge in [0.1, 0.15) is 11.5 Å². The summed E-state index contributed by atoms with van der Waals surface area (Å²) < 4.78 is 10.0. The highest BCUT2D eigenvalue weighted by Gasteiger charge is 2.26. The van der Waals surface area contributed by atoms with Crippen LogP contribution in [0.4, 0.5) is 0 Å². The number of rotatable bonds is 7. The minimum absolute atomic E-state index is 0.344. The lowest BCUT2D eigenvalue weighted by Gasteiger charge is -2.25. The lowest BCUT2D eigenvalue weighted by Crippen LogP contribution is -2.25. The lowest BCUT2D eigenvalue weighted by atomic mass is 10.0. The summed E-state index contributed by atoms with van der Waals surface area (Å²) in [6.07, 6.45) is 6.51. The quantitative estimate of drug-likeness (QED) is 0.286. The Balaban J connectivity index is 1.34. The number of esters is 1. The maximum atomic E-state index is 11.3. The molecular formula is C28H29N3O3. The molecule has 1 saturated heterocycles. The number of benzene rings is 2.